The number of aromatic carboxylic acids is 2. The number of hydrogen-bond donors (Lipinski definition) is 6. The predicted octanol–water partition coefficient (Wildman–Crippen LogP) is 1.16. The zero-order valence-electron chi connectivity index (χ0n) is 14.7. The molecule has 1 unspecified atom stereocenters. The maximum absolute atomic E-state index is 10.4. The zero-order valence-corrected chi connectivity index (χ0v) is 14.7. The van der Waals surface area contributed by atoms with Crippen LogP contribution >= 0.6 is 0 Å². The summed E-state index contributed by atoms with van der Waals surface area (Å²) in [5.74, 6) is -3.99. The summed E-state index contributed by atoms with van der Waals surface area (Å²) in [5, 5.41) is 49.3. The highest BCUT2D eigenvalue weighted by atomic mass is 16.4. The summed E-state index contributed by atoms with van der Waals surface area (Å²) in [6.45, 7) is 1.39. The van der Waals surface area contributed by atoms with Crippen LogP contribution in [0, 0.1) is 0 Å². The summed E-state index contributed by atoms with van der Waals surface area (Å²) in [6.07, 6.45) is 0.457. The monoisotopic (exact) mass is 388 g/mol. The van der Waals surface area contributed by atoms with Crippen LogP contribution in [0.4, 0.5) is 0 Å². The number of carboxylic acids is 4. The van der Waals surface area contributed by atoms with E-state index in [2.05, 4.69) is 0 Å². The number of benzene rings is 1. The molecule has 0 amide bonds. The number of carbonyl (C=O) groups is 4. The summed E-state index contributed by atoms with van der Waals surface area (Å²) in [6, 6.07) is 5.20. The normalized spacial score (nSPS) is 10.3. The van der Waals surface area contributed by atoms with Crippen molar-refractivity contribution in [2.75, 3.05) is 6.61 Å². The lowest BCUT2D eigenvalue weighted by Gasteiger charge is -1.95. The van der Waals surface area contributed by atoms with Crippen LogP contribution in [0.5, 0.6) is 0 Å². The average Bonchev–Trinajstić information content (AvgIpc) is 2.59. The molecule has 152 valence electrons. The predicted molar refractivity (Wildman–Crippen MR) is 92.9 cm³/mol. The summed E-state index contributed by atoms with van der Waals surface area (Å²) in [7, 11) is 0. The van der Waals surface area contributed by atoms with Gasteiger partial charge in [0.05, 0.1) is 23.8 Å². The van der Waals surface area contributed by atoms with Gasteiger partial charge in [-0.1, -0.05) is 6.07 Å². The van der Waals surface area contributed by atoms with Gasteiger partial charge in [-0.05, 0) is 38.0 Å². The minimum atomic E-state index is -1.13. The number of unbranched alkanes of at least 4 members (excludes halogenated alkanes) is 1. The highest BCUT2D eigenvalue weighted by Crippen LogP contribution is 2.04. The van der Waals surface area contributed by atoms with E-state index in [-0.39, 0.29) is 30.6 Å². The summed E-state index contributed by atoms with van der Waals surface area (Å²) in [4.78, 5) is 40.6. The van der Waals surface area contributed by atoms with Crippen molar-refractivity contribution in [3.8, 4) is 0 Å². The number of rotatable bonds is 8. The smallest absolute Gasteiger partial charge is 0.335 e. The molecule has 0 heterocycles. The van der Waals surface area contributed by atoms with E-state index >= 15 is 0 Å². The first-order chi connectivity index (χ1) is 12.5. The first-order valence-electron chi connectivity index (χ1n) is 7.80. The van der Waals surface area contributed by atoms with Crippen LogP contribution in [0.2, 0.25) is 0 Å². The highest BCUT2D eigenvalue weighted by Gasteiger charge is 2.06. The van der Waals surface area contributed by atoms with E-state index in [1.807, 2.05) is 0 Å². The molecular formula is C17H24O10. The average molecular weight is 388 g/mol. The minimum Gasteiger partial charge on any atom is -0.481 e. The molecule has 0 bridgehead atoms. The van der Waals surface area contributed by atoms with Crippen molar-refractivity contribution in [3.63, 3.8) is 0 Å². The van der Waals surface area contributed by atoms with Crippen LogP contribution < -0.4 is 0 Å². The molecule has 1 aromatic rings. The molecule has 1 atom stereocenters. The molecule has 0 spiro atoms. The number of carboxylic acid groups (broad SMARTS) is 4. The van der Waals surface area contributed by atoms with E-state index in [4.69, 9.17) is 30.6 Å². The summed E-state index contributed by atoms with van der Waals surface area (Å²) in [5.41, 5.74) is -0.0372. The van der Waals surface area contributed by atoms with Gasteiger partial charge in [0.15, 0.2) is 0 Å². The second kappa shape index (κ2) is 15.3. The van der Waals surface area contributed by atoms with Gasteiger partial charge in [0.25, 0.3) is 0 Å². The molecule has 0 aliphatic heterocycles. The molecule has 1 aromatic carbocycles. The Hall–Kier alpha value is -2.98. The SMILES string of the molecule is CC(O)CO.O=C(O)CCCCC(=O)O.O=C(O)c1cccc(C(=O)O)c1. The second-order valence-corrected chi connectivity index (χ2v) is 5.22. The van der Waals surface area contributed by atoms with Gasteiger partial charge in [0.1, 0.15) is 0 Å². The molecule has 0 saturated carbocycles. The molecule has 0 aliphatic rings. The Morgan fingerprint density at radius 3 is 1.41 bits per heavy atom. The fourth-order valence-corrected chi connectivity index (χ4v) is 1.34. The molecule has 0 saturated heterocycles. The third kappa shape index (κ3) is 17.6. The van der Waals surface area contributed by atoms with Crippen molar-refractivity contribution in [1.82, 2.24) is 0 Å². The van der Waals surface area contributed by atoms with Gasteiger partial charge in [0, 0.05) is 12.8 Å². The Balaban J connectivity index is 0. The molecule has 0 aliphatic carbocycles. The highest BCUT2D eigenvalue weighted by molar-refractivity contribution is 5.93. The summed E-state index contributed by atoms with van der Waals surface area (Å²) >= 11 is 0. The topological polar surface area (TPSA) is 190 Å². The van der Waals surface area contributed by atoms with Crippen LogP contribution in [0.3, 0.4) is 0 Å². The fraction of sp³-hybridized carbons (Fsp3) is 0.412. The first kappa shape index (κ1) is 26.3. The molecule has 6 N–H and O–H groups in total. The minimum absolute atomic E-state index is 0.0186. The Morgan fingerprint density at radius 1 is 0.852 bits per heavy atom. The number of hydrogen-bond acceptors (Lipinski definition) is 6. The van der Waals surface area contributed by atoms with Crippen LogP contribution in [0.25, 0.3) is 0 Å². The van der Waals surface area contributed by atoms with Crippen LogP contribution in [0.1, 0.15) is 53.3 Å². The molecular weight excluding hydrogens is 364 g/mol. The molecule has 27 heavy (non-hydrogen) atoms. The molecule has 10 nitrogen and oxygen atoms in total. The Kier molecular flexibility index (Phi) is 14.9. The molecule has 1 rings (SSSR count). The van der Waals surface area contributed by atoms with Crippen molar-refractivity contribution in [1.29, 1.82) is 0 Å². The van der Waals surface area contributed by atoms with E-state index in [1.165, 1.54) is 25.1 Å². The summed E-state index contributed by atoms with van der Waals surface area (Å²) < 4.78 is 0. The van der Waals surface area contributed by atoms with Gasteiger partial charge in [-0.15, -0.1) is 0 Å². The lowest BCUT2D eigenvalue weighted by atomic mass is 10.1. The van der Waals surface area contributed by atoms with Crippen molar-refractivity contribution >= 4 is 23.9 Å². The third-order valence-electron chi connectivity index (χ3n) is 2.65. The van der Waals surface area contributed by atoms with E-state index in [0.29, 0.717) is 12.8 Å². The van der Waals surface area contributed by atoms with Crippen LogP contribution in [-0.4, -0.2) is 67.2 Å². The first-order valence-corrected chi connectivity index (χ1v) is 7.80. The van der Waals surface area contributed by atoms with Gasteiger partial charge in [0.2, 0.25) is 0 Å². The van der Waals surface area contributed by atoms with Gasteiger partial charge < -0.3 is 30.6 Å². The largest absolute Gasteiger partial charge is 0.481 e. The fourth-order valence-electron chi connectivity index (χ4n) is 1.34. The molecule has 0 aromatic heterocycles. The van der Waals surface area contributed by atoms with Crippen molar-refractivity contribution < 1.29 is 49.8 Å². The Labute approximate surface area is 155 Å². The van der Waals surface area contributed by atoms with E-state index in [1.54, 1.807) is 0 Å². The lowest BCUT2D eigenvalue weighted by Crippen LogP contribution is -2.03. The number of aliphatic carboxylic acids is 2. The van der Waals surface area contributed by atoms with Gasteiger partial charge in [-0.25, -0.2) is 9.59 Å². The second-order valence-electron chi connectivity index (χ2n) is 5.22. The van der Waals surface area contributed by atoms with Gasteiger partial charge in [-0.3, -0.25) is 9.59 Å². The van der Waals surface area contributed by atoms with E-state index in [0.717, 1.165) is 6.07 Å². The van der Waals surface area contributed by atoms with E-state index in [9.17, 15) is 19.2 Å². The Bertz CT molecular complexity index is 564. The number of aliphatic hydroxyl groups is 2. The van der Waals surface area contributed by atoms with Crippen molar-refractivity contribution in [3.05, 3.63) is 35.4 Å². The molecule has 0 radical (unpaired) electrons. The van der Waals surface area contributed by atoms with Crippen molar-refractivity contribution in [2.24, 2.45) is 0 Å². The van der Waals surface area contributed by atoms with Crippen LogP contribution in [-0.2, 0) is 9.59 Å². The standard InChI is InChI=1S/C8H6O4.C6H10O4.C3H8O2/c9-7(10)5-2-1-3-6(4-5)8(11)12;7-5(8)3-1-2-4-6(9)10;1-3(5)2-4/h1-4H,(H,9,10)(H,11,12);1-4H2,(H,7,8)(H,9,10);3-5H,2H2,1H3. The van der Waals surface area contributed by atoms with Crippen LogP contribution in [0.15, 0.2) is 24.3 Å². The molecule has 0 fully saturated rings. The maximum atomic E-state index is 10.4. The molecule has 10 heteroatoms. The lowest BCUT2D eigenvalue weighted by molar-refractivity contribution is -0.139. The quantitative estimate of drug-likeness (QED) is 0.352. The van der Waals surface area contributed by atoms with Gasteiger partial charge >= 0.3 is 23.9 Å². The van der Waals surface area contributed by atoms with E-state index < -0.39 is 30.0 Å². The maximum Gasteiger partial charge on any atom is 0.335 e. The zero-order chi connectivity index (χ0) is 21.4. The Morgan fingerprint density at radius 2 is 1.19 bits per heavy atom. The third-order valence-corrected chi connectivity index (χ3v) is 2.65. The van der Waals surface area contributed by atoms with Gasteiger partial charge in [-0.2, -0.15) is 0 Å². The van der Waals surface area contributed by atoms with Crippen molar-refractivity contribution in [2.45, 2.75) is 38.7 Å². The number of aliphatic hydroxyl groups excluding tert-OH is 2.